The lowest BCUT2D eigenvalue weighted by Gasteiger charge is -2.09. The van der Waals surface area contributed by atoms with Crippen molar-refractivity contribution in [1.82, 2.24) is 10.3 Å². The van der Waals surface area contributed by atoms with Gasteiger partial charge in [0.25, 0.3) is 5.91 Å². The highest BCUT2D eigenvalue weighted by Gasteiger charge is 2.14. The van der Waals surface area contributed by atoms with E-state index in [1.165, 1.54) is 32.1 Å². The van der Waals surface area contributed by atoms with Crippen LogP contribution in [0.15, 0.2) is 36.4 Å². The van der Waals surface area contributed by atoms with E-state index in [0.29, 0.717) is 5.69 Å². The molecule has 0 aliphatic heterocycles. The molecule has 1 heterocycles. The maximum Gasteiger partial charge on any atom is 0.269 e. The molecule has 1 amide bonds. The maximum absolute atomic E-state index is 12.1. The van der Waals surface area contributed by atoms with E-state index in [1.807, 2.05) is 30.3 Å². The summed E-state index contributed by atoms with van der Waals surface area (Å²) in [6.07, 6.45) is 7.84. The minimum absolute atomic E-state index is 0.0628. The second kappa shape index (κ2) is 6.70. The number of pyridine rings is 1. The van der Waals surface area contributed by atoms with Crippen LogP contribution >= 0.6 is 0 Å². The molecule has 21 heavy (non-hydrogen) atoms. The van der Waals surface area contributed by atoms with Gasteiger partial charge in [-0.15, -0.1) is 0 Å². The molecule has 1 aliphatic carbocycles. The van der Waals surface area contributed by atoms with E-state index in [1.54, 1.807) is 6.07 Å². The fourth-order valence-corrected chi connectivity index (χ4v) is 3.17. The third kappa shape index (κ3) is 3.60. The van der Waals surface area contributed by atoms with Gasteiger partial charge in [-0.05, 0) is 30.9 Å². The normalized spacial score (nSPS) is 15.4. The lowest BCUT2D eigenvalue weighted by Crippen LogP contribution is -2.25. The summed E-state index contributed by atoms with van der Waals surface area (Å²) in [6, 6.07) is 11.6. The average molecular weight is 282 g/mol. The first-order valence-corrected chi connectivity index (χ1v) is 7.97. The first kappa shape index (κ1) is 14.1. The molecule has 110 valence electrons. The van der Waals surface area contributed by atoms with Gasteiger partial charge in [-0.1, -0.05) is 49.9 Å². The average Bonchev–Trinajstić information content (AvgIpc) is 3.04. The van der Waals surface area contributed by atoms with Crippen molar-refractivity contribution < 1.29 is 4.79 Å². The van der Waals surface area contributed by atoms with Crippen molar-refractivity contribution >= 4 is 16.8 Å². The van der Waals surface area contributed by atoms with E-state index < -0.39 is 0 Å². The molecule has 0 saturated heterocycles. The molecule has 3 heteroatoms. The van der Waals surface area contributed by atoms with Gasteiger partial charge < -0.3 is 5.32 Å². The maximum atomic E-state index is 12.1. The van der Waals surface area contributed by atoms with Gasteiger partial charge in [-0.2, -0.15) is 0 Å². The number of rotatable bonds is 5. The van der Waals surface area contributed by atoms with Crippen LogP contribution in [0.4, 0.5) is 0 Å². The fourth-order valence-electron chi connectivity index (χ4n) is 3.17. The molecule has 0 atom stereocenters. The van der Waals surface area contributed by atoms with Crippen molar-refractivity contribution in [1.29, 1.82) is 0 Å². The van der Waals surface area contributed by atoms with Crippen LogP contribution in [0, 0.1) is 5.92 Å². The van der Waals surface area contributed by atoms with Crippen LogP contribution < -0.4 is 5.32 Å². The molecule has 3 nitrogen and oxygen atoms in total. The number of nitrogens with zero attached hydrogens (tertiary/aromatic N) is 1. The summed E-state index contributed by atoms with van der Waals surface area (Å²) in [7, 11) is 0. The highest BCUT2D eigenvalue weighted by molar-refractivity contribution is 5.94. The van der Waals surface area contributed by atoms with Crippen molar-refractivity contribution in [3.05, 3.63) is 42.1 Å². The fraction of sp³-hybridized carbons (Fsp3) is 0.444. The molecule has 1 saturated carbocycles. The van der Waals surface area contributed by atoms with Crippen molar-refractivity contribution in [2.75, 3.05) is 6.54 Å². The Bertz CT molecular complexity index is 617. The van der Waals surface area contributed by atoms with E-state index in [-0.39, 0.29) is 5.91 Å². The standard InChI is InChI=1S/C18H22N2O/c21-18(19-13-5-8-14-6-1-2-7-14)17-12-11-15-9-3-4-10-16(15)20-17/h3-4,9-12,14H,1-2,5-8,13H2,(H,19,21). The Morgan fingerprint density at radius 2 is 1.95 bits per heavy atom. The summed E-state index contributed by atoms with van der Waals surface area (Å²) in [5.74, 6) is 0.827. The predicted octanol–water partition coefficient (Wildman–Crippen LogP) is 3.94. The molecular formula is C18H22N2O. The number of para-hydroxylation sites is 1. The smallest absolute Gasteiger partial charge is 0.269 e. The van der Waals surface area contributed by atoms with E-state index in [4.69, 9.17) is 0 Å². The SMILES string of the molecule is O=C(NCCCC1CCCC1)c1ccc2ccccc2n1. The van der Waals surface area contributed by atoms with Gasteiger partial charge in [0.05, 0.1) is 5.52 Å². The lowest BCUT2D eigenvalue weighted by molar-refractivity contribution is 0.0948. The van der Waals surface area contributed by atoms with Crippen LogP contribution in [0.5, 0.6) is 0 Å². The summed E-state index contributed by atoms with van der Waals surface area (Å²) in [5.41, 5.74) is 1.38. The summed E-state index contributed by atoms with van der Waals surface area (Å²) >= 11 is 0. The third-order valence-corrected chi connectivity index (χ3v) is 4.38. The van der Waals surface area contributed by atoms with Crippen LogP contribution in [0.2, 0.25) is 0 Å². The number of carbonyl (C=O) groups is 1. The van der Waals surface area contributed by atoms with Crippen molar-refractivity contribution in [3.8, 4) is 0 Å². The molecule has 0 unspecified atom stereocenters. The largest absolute Gasteiger partial charge is 0.351 e. The number of hydrogen-bond donors (Lipinski definition) is 1. The number of amides is 1. The van der Waals surface area contributed by atoms with Gasteiger partial charge in [0.2, 0.25) is 0 Å². The van der Waals surface area contributed by atoms with Crippen LogP contribution in [0.3, 0.4) is 0 Å². The molecule has 1 aromatic heterocycles. The Labute approximate surface area is 125 Å². The van der Waals surface area contributed by atoms with Gasteiger partial charge in [0, 0.05) is 11.9 Å². The van der Waals surface area contributed by atoms with Gasteiger partial charge in [-0.3, -0.25) is 4.79 Å². The number of hydrogen-bond acceptors (Lipinski definition) is 2. The van der Waals surface area contributed by atoms with Crippen LogP contribution in [-0.4, -0.2) is 17.4 Å². The number of carbonyl (C=O) groups excluding carboxylic acids is 1. The number of benzene rings is 1. The summed E-state index contributed by atoms with van der Waals surface area (Å²) in [4.78, 5) is 16.5. The highest BCUT2D eigenvalue weighted by Crippen LogP contribution is 2.28. The Kier molecular flexibility index (Phi) is 4.49. The van der Waals surface area contributed by atoms with Crippen molar-refractivity contribution in [3.63, 3.8) is 0 Å². The first-order valence-electron chi connectivity index (χ1n) is 7.97. The third-order valence-electron chi connectivity index (χ3n) is 4.38. The second-order valence-electron chi connectivity index (χ2n) is 5.94. The van der Waals surface area contributed by atoms with E-state index in [9.17, 15) is 4.79 Å². The molecule has 1 fully saturated rings. The zero-order valence-electron chi connectivity index (χ0n) is 12.3. The minimum Gasteiger partial charge on any atom is -0.351 e. The molecule has 1 aliphatic rings. The lowest BCUT2D eigenvalue weighted by atomic mass is 10.0. The summed E-state index contributed by atoms with van der Waals surface area (Å²) in [6.45, 7) is 0.754. The number of aromatic nitrogens is 1. The summed E-state index contributed by atoms with van der Waals surface area (Å²) in [5, 5.41) is 4.05. The Balaban J connectivity index is 1.51. The predicted molar refractivity (Wildman–Crippen MR) is 85.3 cm³/mol. The van der Waals surface area contributed by atoms with E-state index in [2.05, 4.69) is 10.3 Å². The quantitative estimate of drug-likeness (QED) is 0.844. The zero-order valence-corrected chi connectivity index (χ0v) is 12.3. The molecule has 0 bridgehead atoms. The van der Waals surface area contributed by atoms with Crippen molar-refractivity contribution in [2.24, 2.45) is 5.92 Å². The Morgan fingerprint density at radius 1 is 1.14 bits per heavy atom. The van der Waals surface area contributed by atoms with E-state index in [0.717, 1.165) is 29.8 Å². The Hall–Kier alpha value is -1.90. The number of nitrogens with one attached hydrogen (secondary N) is 1. The summed E-state index contributed by atoms with van der Waals surface area (Å²) < 4.78 is 0. The molecule has 0 spiro atoms. The Morgan fingerprint density at radius 3 is 2.81 bits per heavy atom. The molecule has 1 N–H and O–H groups in total. The monoisotopic (exact) mass is 282 g/mol. The van der Waals surface area contributed by atoms with Crippen molar-refractivity contribution in [2.45, 2.75) is 38.5 Å². The van der Waals surface area contributed by atoms with Crippen LogP contribution in [0.25, 0.3) is 10.9 Å². The minimum atomic E-state index is -0.0628. The van der Waals surface area contributed by atoms with Gasteiger partial charge in [0.1, 0.15) is 5.69 Å². The van der Waals surface area contributed by atoms with Crippen LogP contribution in [-0.2, 0) is 0 Å². The van der Waals surface area contributed by atoms with Crippen LogP contribution in [0.1, 0.15) is 49.0 Å². The molecule has 3 rings (SSSR count). The van der Waals surface area contributed by atoms with Gasteiger partial charge in [-0.25, -0.2) is 4.98 Å². The van der Waals surface area contributed by atoms with Gasteiger partial charge in [0.15, 0.2) is 0 Å². The first-order chi connectivity index (χ1) is 10.3. The molecule has 2 aromatic rings. The second-order valence-corrected chi connectivity index (χ2v) is 5.94. The van der Waals surface area contributed by atoms with E-state index >= 15 is 0 Å². The number of fused-ring (bicyclic) bond motifs is 1. The topological polar surface area (TPSA) is 42.0 Å². The highest BCUT2D eigenvalue weighted by atomic mass is 16.1. The zero-order chi connectivity index (χ0) is 14.5. The molecular weight excluding hydrogens is 260 g/mol. The molecule has 1 aromatic carbocycles. The molecule has 0 radical (unpaired) electrons. The van der Waals surface area contributed by atoms with Gasteiger partial charge >= 0.3 is 0 Å².